The van der Waals surface area contributed by atoms with Crippen molar-refractivity contribution in [2.45, 2.75) is 46.1 Å². The molecule has 0 aromatic carbocycles. The molecule has 0 aromatic rings. The van der Waals surface area contributed by atoms with Gasteiger partial charge >= 0.3 is 0 Å². The third kappa shape index (κ3) is 5.92. The van der Waals surface area contributed by atoms with Crippen molar-refractivity contribution in [3.63, 3.8) is 0 Å². The van der Waals surface area contributed by atoms with Gasteiger partial charge in [-0.05, 0) is 25.8 Å². The molecule has 1 saturated heterocycles. The van der Waals surface area contributed by atoms with Crippen LogP contribution in [0.4, 0.5) is 0 Å². The van der Waals surface area contributed by atoms with Gasteiger partial charge in [0.25, 0.3) is 0 Å². The van der Waals surface area contributed by atoms with Gasteiger partial charge in [-0.3, -0.25) is 4.79 Å². The summed E-state index contributed by atoms with van der Waals surface area (Å²) >= 11 is 0. The van der Waals surface area contributed by atoms with E-state index >= 15 is 0 Å². The molecule has 0 radical (unpaired) electrons. The first-order chi connectivity index (χ1) is 9.90. The van der Waals surface area contributed by atoms with Crippen LogP contribution in [0.1, 0.15) is 40.0 Å². The summed E-state index contributed by atoms with van der Waals surface area (Å²) in [5, 5.41) is 6.19. The van der Waals surface area contributed by atoms with Gasteiger partial charge in [0.05, 0.1) is 5.75 Å². The second kappa shape index (κ2) is 8.70. The van der Waals surface area contributed by atoms with Crippen LogP contribution in [0, 0.1) is 5.92 Å². The van der Waals surface area contributed by atoms with Crippen molar-refractivity contribution in [1.29, 1.82) is 0 Å². The molecule has 1 atom stereocenters. The molecule has 6 nitrogen and oxygen atoms in total. The van der Waals surface area contributed by atoms with E-state index in [1.807, 2.05) is 20.8 Å². The van der Waals surface area contributed by atoms with Crippen molar-refractivity contribution in [3.8, 4) is 0 Å². The summed E-state index contributed by atoms with van der Waals surface area (Å²) in [6.45, 7) is 8.33. The maximum absolute atomic E-state index is 12.0. The van der Waals surface area contributed by atoms with E-state index < -0.39 is 10.0 Å². The largest absolute Gasteiger partial charge is 0.353 e. The molecule has 1 aliphatic heterocycles. The topological polar surface area (TPSA) is 78.5 Å². The molecule has 2 N–H and O–H groups in total. The van der Waals surface area contributed by atoms with Crippen LogP contribution < -0.4 is 10.6 Å². The molecule has 0 spiro atoms. The molecule has 7 heteroatoms. The Bertz CT molecular complexity index is 417. The van der Waals surface area contributed by atoms with Gasteiger partial charge in [-0.1, -0.05) is 20.8 Å². The Morgan fingerprint density at radius 1 is 1.29 bits per heavy atom. The van der Waals surface area contributed by atoms with E-state index in [0.29, 0.717) is 38.9 Å². The van der Waals surface area contributed by atoms with Crippen LogP contribution in [0.3, 0.4) is 0 Å². The van der Waals surface area contributed by atoms with E-state index in [1.165, 1.54) is 0 Å². The van der Waals surface area contributed by atoms with E-state index in [1.54, 1.807) is 4.31 Å². The fraction of sp³-hybridized carbons (Fsp3) is 0.929. The summed E-state index contributed by atoms with van der Waals surface area (Å²) in [6.07, 6.45) is 2.03. The van der Waals surface area contributed by atoms with Crippen LogP contribution in [0.15, 0.2) is 0 Å². The number of hydrogen-bond donors (Lipinski definition) is 2. The van der Waals surface area contributed by atoms with Gasteiger partial charge in [0.1, 0.15) is 0 Å². The summed E-state index contributed by atoms with van der Waals surface area (Å²) in [6, 6.07) is 0.0923. The summed E-state index contributed by atoms with van der Waals surface area (Å²) < 4.78 is 25.5. The van der Waals surface area contributed by atoms with Crippen LogP contribution in [-0.4, -0.2) is 56.6 Å². The van der Waals surface area contributed by atoms with Gasteiger partial charge in [0.15, 0.2) is 0 Å². The number of piperidine rings is 1. The van der Waals surface area contributed by atoms with Crippen molar-refractivity contribution >= 4 is 15.9 Å². The molecule has 1 heterocycles. The lowest BCUT2D eigenvalue weighted by atomic mass is 10.0. The summed E-state index contributed by atoms with van der Waals surface area (Å²) in [7, 11) is -3.10. The Morgan fingerprint density at radius 3 is 2.43 bits per heavy atom. The zero-order valence-electron chi connectivity index (χ0n) is 13.4. The van der Waals surface area contributed by atoms with E-state index in [9.17, 15) is 13.2 Å². The summed E-state index contributed by atoms with van der Waals surface area (Å²) in [4.78, 5) is 12.0. The Kier molecular flexibility index (Phi) is 7.62. The predicted molar refractivity (Wildman–Crippen MR) is 84.5 cm³/mol. The number of sulfonamides is 1. The van der Waals surface area contributed by atoms with Crippen LogP contribution in [0.5, 0.6) is 0 Å². The quantitative estimate of drug-likeness (QED) is 0.685. The zero-order chi connectivity index (χ0) is 15.9. The van der Waals surface area contributed by atoms with Crippen LogP contribution in [0.25, 0.3) is 0 Å². The fourth-order valence-corrected chi connectivity index (χ4v) is 4.00. The average Bonchev–Trinajstić information content (AvgIpc) is 2.45. The second-order valence-electron chi connectivity index (χ2n) is 5.71. The lowest BCUT2D eigenvalue weighted by molar-refractivity contribution is -0.125. The first-order valence-corrected chi connectivity index (χ1v) is 9.50. The molecule has 124 valence electrons. The normalized spacial score (nSPS) is 19.4. The average molecular weight is 319 g/mol. The van der Waals surface area contributed by atoms with Gasteiger partial charge in [-0.15, -0.1) is 0 Å². The molecule has 1 fully saturated rings. The highest BCUT2D eigenvalue weighted by molar-refractivity contribution is 7.89. The molecular weight excluding hydrogens is 290 g/mol. The summed E-state index contributed by atoms with van der Waals surface area (Å²) in [5.41, 5.74) is 0. The summed E-state index contributed by atoms with van der Waals surface area (Å²) in [5.74, 6) is 0.196. The maximum atomic E-state index is 12.0. The highest BCUT2D eigenvalue weighted by Crippen LogP contribution is 2.15. The molecule has 1 amide bonds. The molecule has 0 aliphatic carbocycles. The third-order valence-corrected chi connectivity index (χ3v) is 5.88. The van der Waals surface area contributed by atoms with Crippen molar-refractivity contribution in [2.24, 2.45) is 5.92 Å². The molecule has 1 aliphatic rings. The third-order valence-electron chi connectivity index (χ3n) is 3.80. The van der Waals surface area contributed by atoms with Gasteiger partial charge in [0, 0.05) is 31.6 Å². The number of nitrogens with zero attached hydrogens (tertiary/aromatic N) is 1. The van der Waals surface area contributed by atoms with Crippen LogP contribution >= 0.6 is 0 Å². The molecule has 0 saturated carbocycles. The van der Waals surface area contributed by atoms with Gasteiger partial charge in [0.2, 0.25) is 15.9 Å². The fourth-order valence-electron chi connectivity index (χ4n) is 2.46. The van der Waals surface area contributed by atoms with Crippen molar-refractivity contribution in [1.82, 2.24) is 14.9 Å². The number of rotatable bonds is 8. The molecule has 1 unspecified atom stereocenters. The molecule has 0 aromatic heterocycles. The van der Waals surface area contributed by atoms with Crippen molar-refractivity contribution < 1.29 is 13.2 Å². The van der Waals surface area contributed by atoms with E-state index in [2.05, 4.69) is 10.6 Å². The van der Waals surface area contributed by atoms with Crippen molar-refractivity contribution in [3.05, 3.63) is 0 Å². The van der Waals surface area contributed by atoms with Gasteiger partial charge < -0.3 is 10.6 Å². The molecule has 21 heavy (non-hydrogen) atoms. The minimum Gasteiger partial charge on any atom is -0.353 e. The van der Waals surface area contributed by atoms with Gasteiger partial charge in [-0.25, -0.2) is 12.7 Å². The minimum atomic E-state index is -3.10. The molecule has 0 bridgehead atoms. The lowest BCUT2D eigenvalue weighted by Gasteiger charge is -2.32. The standard InChI is InChI=1S/C14H29N3O3S/c1-4-10-21(19,20)17-8-6-13(7-9-17)16-14(18)12(3)11-15-5-2/h12-13,15H,4-11H2,1-3H3,(H,16,18). The SMILES string of the molecule is CCCS(=O)(=O)N1CCC(NC(=O)C(C)CNCC)CC1. The number of nitrogens with one attached hydrogen (secondary N) is 2. The minimum absolute atomic E-state index is 0.0471. The number of carbonyl (C=O) groups excluding carboxylic acids is 1. The van der Waals surface area contributed by atoms with Crippen molar-refractivity contribution in [2.75, 3.05) is 31.9 Å². The van der Waals surface area contributed by atoms with E-state index in [-0.39, 0.29) is 23.6 Å². The Labute approximate surface area is 128 Å². The Hall–Kier alpha value is -0.660. The highest BCUT2D eigenvalue weighted by atomic mass is 32.2. The maximum Gasteiger partial charge on any atom is 0.224 e. The van der Waals surface area contributed by atoms with E-state index in [0.717, 1.165) is 6.54 Å². The smallest absolute Gasteiger partial charge is 0.224 e. The van der Waals surface area contributed by atoms with Crippen LogP contribution in [-0.2, 0) is 14.8 Å². The predicted octanol–water partition coefficient (Wildman–Crippen LogP) is 0.552. The van der Waals surface area contributed by atoms with Crippen LogP contribution in [0.2, 0.25) is 0 Å². The Morgan fingerprint density at radius 2 is 1.90 bits per heavy atom. The first-order valence-electron chi connectivity index (χ1n) is 7.89. The molecule has 1 rings (SSSR count). The second-order valence-corrected chi connectivity index (χ2v) is 7.80. The number of amides is 1. The number of carbonyl (C=O) groups is 1. The number of hydrogen-bond acceptors (Lipinski definition) is 4. The first kappa shape index (κ1) is 18.4. The monoisotopic (exact) mass is 319 g/mol. The van der Waals surface area contributed by atoms with Gasteiger partial charge in [-0.2, -0.15) is 0 Å². The lowest BCUT2D eigenvalue weighted by Crippen LogP contribution is -2.48. The zero-order valence-corrected chi connectivity index (χ0v) is 14.2. The molecular formula is C14H29N3O3S. The van der Waals surface area contributed by atoms with E-state index in [4.69, 9.17) is 0 Å². The highest BCUT2D eigenvalue weighted by Gasteiger charge is 2.28. The Balaban J connectivity index is 2.38.